The summed E-state index contributed by atoms with van der Waals surface area (Å²) in [6.07, 6.45) is -2.32. The van der Waals surface area contributed by atoms with Crippen molar-refractivity contribution in [1.29, 1.82) is 0 Å². The average Bonchev–Trinajstić information content (AvgIpc) is 3.31. The summed E-state index contributed by atoms with van der Waals surface area (Å²) in [6, 6.07) is 0. The number of nitrogens with zero attached hydrogens (tertiary/aromatic N) is 2. The summed E-state index contributed by atoms with van der Waals surface area (Å²) in [5.41, 5.74) is 1.68. The standard InChI is InChI=1S/C14H18N2O6S3/c17-3-7-2-16-13(25-7)14(24-5-8-1-15-6-23-8)12(21)11(20)10(19)9(4-18)22-14/h1-2,6,9-12,17-21H,3-5H2/t9-,10+,11+,12-,14+/m1/s1. The van der Waals surface area contributed by atoms with Crippen molar-refractivity contribution in [2.75, 3.05) is 6.61 Å². The molecule has 0 aliphatic carbocycles. The fourth-order valence-corrected chi connectivity index (χ4v) is 5.61. The molecule has 11 heteroatoms. The number of rotatable bonds is 6. The third-order valence-corrected chi connectivity index (χ3v) is 7.48. The van der Waals surface area contributed by atoms with Crippen molar-refractivity contribution in [2.24, 2.45) is 0 Å². The molecule has 8 nitrogen and oxygen atoms in total. The first kappa shape index (κ1) is 19.1. The van der Waals surface area contributed by atoms with Crippen molar-refractivity contribution in [1.82, 2.24) is 9.97 Å². The van der Waals surface area contributed by atoms with Gasteiger partial charge in [-0.05, 0) is 0 Å². The maximum Gasteiger partial charge on any atom is 0.194 e. The van der Waals surface area contributed by atoms with Crippen molar-refractivity contribution < 1.29 is 30.3 Å². The van der Waals surface area contributed by atoms with Crippen LogP contribution in [-0.4, -0.2) is 66.5 Å². The predicted octanol–water partition coefficient (Wildman–Crippen LogP) is -0.348. The highest BCUT2D eigenvalue weighted by Crippen LogP contribution is 2.49. The van der Waals surface area contributed by atoms with Gasteiger partial charge < -0.3 is 30.3 Å². The fourth-order valence-electron chi connectivity index (χ4n) is 2.53. The first-order valence-corrected chi connectivity index (χ1v) is 10.1. The highest BCUT2D eigenvalue weighted by atomic mass is 32.2. The van der Waals surface area contributed by atoms with E-state index in [0.717, 1.165) is 16.2 Å². The van der Waals surface area contributed by atoms with Crippen LogP contribution in [-0.2, 0) is 22.0 Å². The van der Waals surface area contributed by atoms with Gasteiger partial charge in [-0.2, -0.15) is 0 Å². The summed E-state index contributed by atoms with van der Waals surface area (Å²) >= 11 is 3.77. The number of aliphatic hydroxyl groups is 5. The first-order chi connectivity index (χ1) is 12.0. The van der Waals surface area contributed by atoms with E-state index in [9.17, 15) is 25.5 Å². The van der Waals surface area contributed by atoms with E-state index in [4.69, 9.17) is 4.74 Å². The number of hydrogen-bond acceptors (Lipinski definition) is 11. The number of aliphatic hydroxyl groups excluding tert-OH is 5. The third kappa shape index (κ3) is 3.61. The molecule has 3 rings (SSSR count). The fraction of sp³-hybridized carbons (Fsp3) is 0.571. The van der Waals surface area contributed by atoms with Gasteiger partial charge in [-0.15, -0.1) is 34.4 Å². The molecule has 25 heavy (non-hydrogen) atoms. The molecule has 5 N–H and O–H groups in total. The second-order valence-electron chi connectivity index (χ2n) is 5.48. The van der Waals surface area contributed by atoms with Gasteiger partial charge in [-0.3, -0.25) is 4.98 Å². The van der Waals surface area contributed by atoms with Crippen molar-refractivity contribution in [3.05, 3.63) is 32.7 Å². The Morgan fingerprint density at radius 3 is 2.56 bits per heavy atom. The van der Waals surface area contributed by atoms with E-state index in [-0.39, 0.29) is 6.61 Å². The zero-order chi connectivity index (χ0) is 18.0. The summed E-state index contributed by atoms with van der Waals surface area (Å²) in [6.45, 7) is -0.732. The van der Waals surface area contributed by atoms with Crippen LogP contribution in [0.15, 0.2) is 17.9 Å². The van der Waals surface area contributed by atoms with Gasteiger partial charge in [0.2, 0.25) is 0 Å². The highest BCUT2D eigenvalue weighted by Gasteiger charge is 2.56. The van der Waals surface area contributed by atoms with E-state index in [1.165, 1.54) is 29.3 Å². The van der Waals surface area contributed by atoms with Gasteiger partial charge in [0.25, 0.3) is 0 Å². The molecule has 0 aromatic carbocycles. The van der Waals surface area contributed by atoms with Crippen LogP contribution in [0.25, 0.3) is 0 Å². The van der Waals surface area contributed by atoms with E-state index in [2.05, 4.69) is 9.97 Å². The minimum absolute atomic E-state index is 0.210. The molecule has 3 heterocycles. The molecular weight excluding hydrogens is 388 g/mol. The third-order valence-electron chi connectivity index (χ3n) is 3.87. The normalized spacial score (nSPS) is 32.8. The van der Waals surface area contributed by atoms with Crippen LogP contribution < -0.4 is 0 Å². The monoisotopic (exact) mass is 406 g/mol. The van der Waals surface area contributed by atoms with E-state index in [0.29, 0.717) is 15.6 Å². The smallest absolute Gasteiger partial charge is 0.194 e. The Hall–Kier alpha value is -0.630. The van der Waals surface area contributed by atoms with Gasteiger partial charge in [-0.25, -0.2) is 4.98 Å². The molecule has 1 fully saturated rings. The molecule has 138 valence electrons. The van der Waals surface area contributed by atoms with E-state index >= 15 is 0 Å². The van der Waals surface area contributed by atoms with Crippen LogP contribution in [0, 0.1) is 0 Å². The second-order valence-corrected chi connectivity index (χ2v) is 8.75. The van der Waals surface area contributed by atoms with Crippen LogP contribution >= 0.6 is 34.4 Å². The molecule has 0 radical (unpaired) electrons. The molecule has 0 amide bonds. The summed E-state index contributed by atoms with van der Waals surface area (Å²) in [4.78, 5) is 8.26. The number of thiazole rings is 2. The zero-order valence-electron chi connectivity index (χ0n) is 12.9. The van der Waals surface area contributed by atoms with Crippen molar-refractivity contribution in [3.8, 4) is 0 Å². The lowest BCUT2D eigenvalue weighted by atomic mass is 9.95. The summed E-state index contributed by atoms with van der Waals surface area (Å²) < 4.78 is 5.86. The van der Waals surface area contributed by atoms with E-state index in [1.54, 1.807) is 11.7 Å². The SMILES string of the molecule is OCc1cnc([C@]2(SCc3cncs3)O[C@H](CO)[C@H](O)[C@H](O)[C@H]2O)s1. The Morgan fingerprint density at radius 2 is 1.96 bits per heavy atom. The van der Waals surface area contributed by atoms with Gasteiger partial charge in [0.05, 0.1) is 23.6 Å². The van der Waals surface area contributed by atoms with Crippen LogP contribution in [0.5, 0.6) is 0 Å². The van der Waals surface area contributed by atoms with Crippen LogP contribution in [0.4, 0.5) is 0 Å². The van der Waals surface area contributed by atoms with Crippen LogP contribution in [0.2, 0.25) is 0 Å². The Labute approximate surface area is 155 Å². The minimum atomic E-state index is -1.51. The zero-order valence-corrected chi connectivity index (χ0v) is 15.4. The van der Waals surface area contributed by atoms with Crippen molar-refractivity contribution >= 4 is 34.4 Å². The maximum atomic E-state index is 10.7. The van der Waals surface area contributed by atoms with Crippen LogP contribution in [0.1, 0.15) is 14.8 Å². The number of hydrogen-bond donors (Lipinski definition) is 5. The van der Waals surface area contributed by atoms with Crippen molar-refractivity contribution in [2.45, 2.75) is 41.7 Å². The van der Waals surface area contributed by atoms with E-state index < -0.39 is 36.0 Å². The summed E-state index contributed by atoms with van der Waals surface area (Å²) in [5, 5.41) is 50.1. The maximum absolute atomic E-state index is 10.7. The number of thioether (sulfide) groups is 1. The minimum Gasteiger partial charge on any atom is -0.394 e. The quantitative estimate of drug-likeness (QED) is 0.436. The Morgan fingerprint density at radius 1 is 1.16 bits per heavy atom. The summed E-state index contributed by atoms with van der Waals surface area (Å²) in [7, 11) is 0. The topological polar surface area (TPSA) is 136 Å². The molecule has 1 aliphatic rings. The molecule has 0 bridgehead atoms. The lowest BCUT2D eigenvalue weighted by molar-refractivity contribution is -0.246. The highest BCUT2D eigenvalue weighted by molar-refractivity contribution is 7.99. The van der Waals surface area contributed by atoms with E-state index in [1.807, 2.05) is 0 Å². The van der Waals surface area contributed by atoms with Gasteiger partial charge in [0.1, 0.15) is 29.4 Å². The van der Waals surface area contributed by atoms with Gasteiger partial charge in [0, 0.05) is 23.0 Å². The molecule has 2 aromatic rings. The molecule has 5 atom stereocenters. The molecule has 1 aliphatic heterocycles. The second kappa shape index (κ2) is 7.94. The molecule has 0 saturated carbocycles. The first-order valence-electron chi connectivity index (χ1n) is 7.42. The van der Waals surface area contributed by atoms with Crippen molar-refractivity contribution in [3.63, 3.8) is 0 Å². The number of aromatic nitrogens is 2. The van der Waals surface area contributed by atoms with Gasteiger partial charge in [0.15, 0.2) is 4.93 Å². The lowest BCUT2D eigenvalue weighted by Gasteiger charge is -2.47. The van der Waals surface area contributed by atoms with Gasteiger partial charge >= 0.3 is 0 Å². The Bertz CT molecular complexity index is 682. The molecule has 0 spiro atoms. The summed E-state index contributed by atoms with van der Waals surface area (Å²) in [5.74, 6) is 0.427. The lowest BCUT2D eigenvalue weighted by Crippen LogP contribution is -2.62. The Balaban J connectivity index is 1.97. The van der Waals surface area contributed by atoms with Gasteiger partial charge in [-0.1, -0.05) is 0 Å². The number of ether oxygens (including phenoxy) is 1. The molecule has 0 unspecified atom stereocenters. The predicted molar refractivity (Wildman–Crippen MR) is 93.1 cm³/mol. The molecule has 2 aromatic heterocycles. The Kier molecular flexibility index (Phi) is 6.08. The largest absolute Gasteiger partial charge is 0.394 e. The van der Waals surface area contributed by atoms with Crippen LogP contribution in [0.3, 0.4) is 0 Å². The average molecular weight is 407 g/mol. The molecular formula is C14H18N2O6S3. The molecule has 1 saturated heterocycles.